The fraction of sp³-hybridized carbons (Fsp3) is 0. The van der Waals surface area contributed by atoms with Gasteiger partial charge >= 0.3 is 9.33 Å². The Morgan fingerprint density at radius 2 is 1.71 bits per heavy atom. The number of rotatable bonds is 4. The molecule has 0 radical (unpaired) electrons. The number of hydrogen-bond acceptors (Lipinski definition) is 5. The molecule has 0 heterocycles. The Hall–Kier alpha value is -2.15. The molecule has 0 saturated heterocycles. The van der Waals surface area contributed by atoms with Crippen LogP contribution in [-0.2, 0) is 9.33 Å². The number of halogens is 2. The Kier molecular flexibility index (Phi) is 4.71. The van der Waals surface area contributed by atoms with E-state index in [1.54, 1.807) is 18.2 Å². The zero-order valence-corrected chi connectivity index (χ0v) is 14.4. The fourth-order valence-corrected chi connectivity index (χ4v) is 2.90. The third-order valence-electron chi connectivity index (χ3n) is 3.13. The lowest BCUT2D eigenvalue weighted by molar-refractivity contribution is 0.503. The lowest BCUT2D eigenvalue weighted by Crippen LogP contribution is -1.99. The number of benzene rings is 3. The second kappa shape index (κ2) is 6.76. The first-order chi connectivity index (χ1) is 11.4. The van der Waals surface area contributed by atoms with Crippen LogP contribution in [0.3, 0.4) is 0 Å². The SMILES string of the molecule is O=S(=O)(Cl)Oc1cccc(N=Nc2c(Cl)ccc3ccccc23)c1. The van der Waals surface area contributed by atoms with Crippen LogP contribution in [0.4, 0.5) is 11.4 Å². The lowest BCUT2D eigenvalue weighted by atomic mass is 10.1. The molecular formula is C16H10Cl2N2O3S. The minimum absolute atomic E-state index is 0.0467. The molecule has 0 saturated carbocycles. The van der Waals surface area contributed by atoms with Crippen molar-refractivity contribution in [2.45, 2.75) is 0 Å². The highest BCUT2D eigenvalue weighted by Gasteiger charge is 2.08. The summed E-state index contributed by atoms with van der Waals surface area (Å²) in [7, 11) is 0.940. The van der Waals surface area contributed by atoms with Crippen molar-refractivity contribution in [3.8, 4) is 5.75 Å². The third kappa shape index (κ3) is 4.03. The van der Waals surface area contributed by atoms with E-state index in [0.717, 1.165) is 10.8 Å². The number of azo groups is 1. The van der Waals surface area contributed by atoms with E-state index >= 15 is 0 Å². The Bertz CT molecular complexity index is 1040. The number of nitrogens with zero attached hydrogens (tertiary/aromatic N) is 2. The van der Waals surface area contributed by atoms with E-state index in [9.17, 15) is 8.42 Å². The van der Waals surface area contributed by atoms with Crippen LogP contribution in [0.25, 0.3) is 10.8 Å². The molecular weight excluding hydrogens is 371 g/mol. The summed E-state index contributed by atoms with van der Waals surface area (Å²) in [5.41, 5.74) is 0.933. The van der Waals surface area contributed by atoms with Gasteiger partial charge in [0.15, 0.2) is 0 Å². The van der Waals surface area contributed by atoms with Crippen molar-refractivity contribution in [1.82, 2.24) is 0 Å². The summed E-state index contributed by atoms with van der Waals surface area (Å²) in [5, 5.41) is 10.6. The van der Waals surface area contributed by atoms with E-state index in [-0.39, 0.29) is 5.75 Å². The summed E-state index contributed by atoms with van der Waals surface area (Å²) < 4.78 is 26.5. The van der Waals surface area contributed by atoms with Gasteiger partial charge in [-0.1, -0.05) is 48.0 Å². The van der Waals surface area contributed by atoms with E-state index < -0.39 is 9.33 Å². The zero-order chi connectivity index (χ0) is 17.2. The molecule has 3 rings (SSSR count). The molecule has 24 heavy (non-hydrogen) atoms. The smallest absolute Gasteiger partial charge is 0.371 e. The van der Waals surface area contributed by atoms with Gasteiger partial charge < -0.3 is 4.18 Å². The summed E-state index contributed by atoms with van der Waals surface area (Å²) in [5.74, 6) is 0.0467. The molecule has 0 bridgehead atoms. The van der Waals surface area contributed by atoms with Gasteiger partial charge in [0.1, 0.15) is 11.4 Å². The molecule has 0 unspecified atom stereocenters. The van der Waals surface area contributed by atoms with Crippen LogP contribution in [0.5, 0.6) is 5.75 Å². The highest BCUT2D eigenvalue weighted by atomic mass is 35.7. The third-order valence-corrected chi connectivity index (χ3v) is 4.02. The predicted octanol–water partition coefficient (Wildman–Crippen LogP) is 5.77. The van der Waals surface area contributed by atoms with Gasteiger partial charge in [0.25, 0.3) is 0 Å². The molecule has 0 amide bonds. The van der Waals surface area contributed by atoms with Gasteiger partial charge in [-0.3, -0.25) is 0 Å². The molecule has 3 aromatic rings. The Labute approximate surface area is 148 Å². The average molecular weight is 381 g/mol. The zero-order valence-electron chi connectivity index (χ0n) is 12.1. The maximum atomic E-state index is 11.0. The van der Waals surface area contributed by atoms with Crippen molar-refractivity contribution in [2.75, 3.05) is 0 Å². The summed E-state index contributed by atoms with van der Waals surface area (Å²) in [4.78, 5) is 0. The maximum absolute atomic E-state index is 11.0. The van der Waals surface area contributed by atoms with Crippen molar-refractivity contribution >= 4 is 53.8 Å². The molecule has 0 aliphatic carbocycles. The van der Waals surface area contributed by atoms with Crippen LogP contribution in [0, 0.1) is 0 Å². The molecule has 0 atom stereocenters. The van der Waals surface area contributed by atoms with Crippen LogP contribution >= 0.6 is 22.3 Å². The topological polar surface area (TPSA) is 68.1 Å². The van der Waals surface area contributed by atoms with Gasteiger partial charge in [0, 0.05) is 11.5 Å². The molecule has 8 heteroatoms. The summed E-state index contributed by atoms with van der Waals surface area (Å²) in [6.07, 6.45) is 0. The standard InChI is InChI=1S/C16H10Cl2N2O3S/c17-15-9-8-11-4-1-2-7-14(11)16(15)20-19-12-5-3-6-13(10-12)23-24(18,21)22/h1-10H. The summed E-state index contributed by atoms with van der Waals surface area (Å²) in [6.45, 7) is 0. The van der Waals surface area contributed by atoms with Crippen molar-refractivity contribution < 1.29 is 12.6 Å². The van der Waals surface area contributed by atoms with E-state index in [1.807, 2.05) is 30.3 Å². The lowest BCUT2D eigenvalue weighted by Gasteiger charge is -2.04. The highest BCUT2D eigenvalue weighted by Crippen LogP contribution is 2.35. The number of hydrogen-bond donors (Lipinski definition) is 0. The second-order valence-electron chi connectivity index (χ2n) is 4.79. The van der Waals surface area contributed by atoms with Crippen molar-refractivity contribution in [3.63, 3.8) is 0 Å². The Morgan fingerprint density at radius 3 is 2.50 bits per heavy atom. The van der Waals surface area contributed by atoms with Crippen molar-refractivity contribution in [1.29, 1.82) is 0 Å². The summed E-state index contributed by atoms with van der Waals surface area (Å²) in [6, 6.07) is 17.4. The second-order valence-corrected chi connectivity index (χ2v) is 7.28. The van der Waals surface area contributed by atoms with Gasteiger partial charge in [-0.2, -0.15) is 13.5 Å². The normalized spacial score (nSPS) is 11.9. The molecule has 0 aromatic heterocycles. The maximum Gasteiger partial charge on any atom is 0.401 e. The van der Waals surface area contributed by atoms with Gasteiger partial charge in [-0.15, -0.1) is 5.11 Å². The van der Waals surface area contributed by atoms with Crippen LogP contribution in [0.15, 0.2) is 70.9 Å². The Balaban J connectivity index is 1.97. The first-order valence-corrected chi connectivity index (χ1v) is 9.37. The quantitative estimate of drug-likeness (QED) is 0.426. The van der Waals surface area contributed by atoms with Crippen LogP contribution in [-0.4, -0.2) is 8.42 Å². The minimum Gasteiger partial charge on any atom is -0.371 e. The fourth-order valence-electron chi connectivity index (χ4n) is 2.15. The molecule has 0 aliphatic rings. The summed E-state index contributed by atoms with van der Waals surface area (Å²) >= 11 is 6.21. The monoisotopic (exact) mass is 380 g/mol. The largest absolute Gasteiger partial charge is 0.401 e. The van der Waals surface area contributed by atoms with Crippen molar-refractivity contribution in [3.05, 3.63) is 65.7 Å². The molecule has 0 aliphatic heterocycles. The van der Waals surface area contributed by atoms with E-state index in [0.29, 0.717) is 16.4 Å². The molecule has 5 nitrogen and oxygen atoms in total. The molecule has 0 N–H and O–H groups in total. The van der Waals surface area contributed by atoms with Gasteiger partial charge in [-0.05, 0) is 23.6 Å². The number of fused-ring (bicyclic) bond motifs is 1. The first-order valence-electron chi connectivity index (χ1n) is 6.75. The highest BCUT2D eigenvalue weighted by molar-refractivity contribution is 8.10. The molecule has 0 spiro atoms. The minimum atomic E-state index is -4.12. The van der Waals surface area contributed by atoms with Crippen LogP contribution < -0.4 is 4.18 Å². The van der Waals surface area contributed by atoms with Crippen LogP contribution in [0.2, 0.25) is 5.02 Å². The predicted molar refractivity (Wildman–Crippen MR) is 95.0 cm³/mol. The van der Waals surface area contributed by atoms with Gasteiger partial charge in [0.05, 0.1) is 21.4 Å². The van der Waals surface area contributed by atoms with E-state index in [1.165, 1.54) is 12.1 Å². The van der Waals surface area contributed by atoms with E-state index in [2.05, 4.69) is 14.4 Å². The Morgan fingerprint density at radius 1 is 0.917 bits per heavy atom. The first kappa shape index (κ1) is 16.7. The molecule has 3 aromatic carbocycles. The molecule has 0 fully saturated rings. The van der Waals surface area contributed by atoms with E-state index in [4.69, 9.17) is 22.3 Å². The average Bonchev–Trinajstić information content (AvgIpc) is 2.53. The van der Waals surface area contributed by atoms with Gasteiger partial charge in [-0.25, -0.2) is 0 Å². The van der Waals surface area contributed by atoms with Crippen LogP contribution in [0.1, 0.15) is 0 Å². The van der Waals surface area contributed by atoms with Gasteiger partial charge in [0.2, 0.25) is 0 Å². The molecule has 122 valence electrons. The van der Waals surface area contributed by atoms with Crippen molar-refractivity contribution in [2.24, 2.45) is 10.2 Å².